The van der Waals surface area contributed by atoms with Gasteiger partial charge in [-0.25, -0.2) is 0 Å². The Balaban J connectivity index is 1.60. The first-order valence-corrected chi connectivity index (χ1v) is 10.8. The quantitative estimate of drug-likeness (QED) is 0.448. The molecule has 162 valence electrons. The minimum absolute atomic E-state index is 0.0545. The van der Waals surface area contributed by atoms with Crippen LogP contribution in [-0.4, -0.2) is 49.5 Å². The molecule has 0 radical (unpaired) electrons. The van der Waals surface area contributed by atoms with Crippen LogP contribution in [0, 0.1) is 5.92 Å². The lowest BCUT2D eigenvalue weighted by Gasteiger charge is -2.42. The largest absolute Gasteiger partial charge is 0.378 e. The summed E-state index contributed by atoms with van der Waals surface area (Å²) in [5.74, 6) is -0.338. The SMILES string of the molecule is C=C[C@@H]1OC(C)(C)O[C@@H]1[C@H]1C[C@@H](OCC)[C@@H](C)[C@@H](CCOCc2ccccc2)O1. The van der Waals surface area contributed by atoms with Gasteiger partial charge in [-0.05, 0) is 32.8 Å². The van der Waals surface area contributed by atoms with Gasteiger partial charge >= 0.3 is 0 Å². The van der Waals surface area contributed by atoms with Crippen LogP contribution in [0.5, 0.6) is 0 Å². The predicted octanol–water partition coefficient (Wildman–Crippen LogP) is 4.50. The highest BCUT2D eigenvalue weighted by Crippen LogP contribution is 2.38. The van der Waals surface area contributed by atoms with Crippen LogP contribution in [0.4, 0.5) is 0 Å². The molecule has 2 fully saturated rings. The van der Waals surface area contributed by atoms with E-state index in [1.54, 1.807) is 0 Å². The van der Waals surface area contributed by atoms with Gasteiger partial charge in [0.2, 0.25) is 0 Å². The van der Waals surface area contributed by atoms with Crippen LogP contribution in [0.2, 0.25) is 0 Å². The van der Waals surface area contributed by atoms with Crippen molar-refractivity contribution in [2.45, 2.75) is 83.5 Å². The number of ether oxygens (including phenoxy) is 5. The molecule has 29 heavy (non-hydrogen) atoms. The van der Waals surface area contributed by atoms with Crippen molar-refractivity contribution in [3.8, 4) is 0 Å². The average Bonchev–Trinajstić information content (AvgIpc) is 3.03. The summed E-state index contributed by atoms with van der Waals surface area (Å²) in [5, 5.41) is 0. The summed E-state index contributed by atoms with van der Waals surface area (Å²) in [6.45, 7) is 14.0. The summed E-state index contributed by atoms with van der Waals surface area (Å²) >= 11 is 0. The molecule has 5 heteroatoms. The molecule has 0 bridgehead atoms. The molecule has 0 aliphatic carbocycles. The molecule has 0 spiro atoms. The van der Waals surface area contributed by atoms with E-state index < -0.39 is 5.79 Å². The van der Waals surface area contributed by atoms with E-state index in [-0.39, 0.29) is 30.5 Å². The second-order valence-electron chi connectivity index (χ2n) is 8.43. The highest BCUT2D eigenvalue weighted by molar-refractivity contribution is 5.13. The van der Waals surface area contributed by atoms with E-state index in [0.29, 0.717) is 25.7 Å². The average molecular weight is 405 g/mol. The van der Waals surface area contributed by atoms with Crippen LogP contribution < -0.4 is 0 Å². The molecule has 0 unspecified atom stereocenters. The molecule has 6 atom stereocenters. The van der Waals surface area contributed by atoms with Crippen LogP contribution in [0.1, 0.15) is 46.1 Å². The molecule has 5 nitrogen and oxygen atoms in total. The zero-order valence-corrected chi connectivity index (χ0v) is 18.2. The van der Waals surface area contributed by atoms with Gasteiger partial charge in [0, 0.05) is 25.6 Å². The molecule has 0 N–H and O–H groups in total. The molecule has 2 aliphatic rings. The van der Waals surface area contributed by atoms with Crippen LogP contribution in [0.3, 0.4) is 0 Å². The second-order valence-corrected chi connectivity index (χ2v) is 8.43. The molecule has 2 heterocycles. The van der Waals surface area contributed by atoms with Crippen molar-refractivity contribution in [3.63, 3.8) is 0 Å². The molecular formula is C24H36O5. The van der Waals surface area contributed by atoms with Gasteiger partial charge in [-0.2, -0.15) is 0 Å². The Labute approximate surface area is 175 Å². The van der Waals surface area contributed by atoms with E-state index in [4.69, 9.17) is 23.7 Å². The summed E-state index contributed by atoms with van der Waals surface area (Å²) in [5.41, 5.74) is 1.18. The van der Waals surface area contributed by atoms with Gasteiger partial charge in [0.05, 0.1) is 24.9 Å². The third kappa shape index (κ3) is 5.89. The minimum atomic E-state index is -0.634. The lowest BCUT2D eigenvalue weighted by Crippen LogP contribution is -2.50. The third-order valence-corrected chi connectivity index (χ3v) is 5.79. The fourth-order valence-electron chi connectivity index (χ4n) is 4.31. The highest BCUT2D eigenvalue weighted by atomic mass is 16.8. The molecule has 0 aromatic heterocycles. The van der Waals surface area contributed by atoms with Crippen LogP contribution in [0.15, 0.2) is 43.0 Å². The van der Waals surface area contributed by atoms with Gasteiger partial charge in [-0.1, -0.05) is 43.3 Å². The maximum absolute atomic E-state index is 6.52. The van der Waals surface area contributed by atoms with Crippen molar-refractivity contribution in [3.05, 3.63) is 48.6 Å². The van der Waals surface area contributed by atoms with E-state index in [2.05, 4.69) is 25.6 Å². The summed E-state index contributed by atoms with van der Waals surface area (Å²) in [6, 6.07) is 10.2. The molecule has 0 amide bonds. The Morgan fingerprint density at radius 1 is 1.21 bits per heavy atom. The molecule has 1 aromatic carbocycles. The normalized spacial score (nSPS) is 34.2. The third-order valence-electron chi connectivity index (χ3n) is 5.79. The minimum Gasteiger partial charge on any atom is -0.378 e. The zero-order valence-electron chi connectivity index (χ0n) is 18.2. The Hall–Kier alpha value is -1.24. The van der Waals surface area contributed by atoms with E-state index in [1.807, 2.05) is 45.0 Å². The van der Waals surface area contributed by atoms with E-state index in [0.717, 1.165) is 12.8 Å². The molecule has 0 saturated carbocycles. The first-order valence-electron chi connectivity index (χ1n) is 10.8. The van der Waals surface area contributed by atoms with Gasteiger partial charge in [-0.15, -0.1) is 6.58 Å². The fraction of sp³-hybridized carbons (Fsp3) is 0.667. The molecule has 1 aromatic rings. The Kier molecular flexibility index (Phi) is 7.88. The summed E-state index contributed by atoms with van der Waals surface area (Å²) in [6.07, 6.45) is 3.18. The zero-order chi connectivity index (χ0) is 20.9. The summed E-state index contributed by atoms with van der Waals surface area (Å²) < 4.78 is 30.7. The van der Waals surface area contributed by atoms with E-state index in [9.17, 15) is 0 Å². The summed E-state index contributed by atoms with van der Waals surface area (Å²) in [7, 11) is 0. The number of rotatable bonds is 9. The second kappa shape index (κ2) is 10.2. The number of benzene rings is 1. The number of hydrogen-bond acceptors (Lipinski definition) is 5. The van der Waals surface area contributed by atoms with Crippen molar-refractivity contribution in [1.29, 1.82) is 0 Å². The standard InChI is InChI=1S/C24H36O5/c1-6-19-23(29-24(4,5)28-19)22-15-21(26-7-2)17(3)20(27-22)13-14-25-16-18-11-9-8-10-12-18/h6,8-12,17,19-23H,1,7,13-16H2,2-5H3/t17-,19-,20+,21+,22+,23-/m0/s1. The van der Waals surface area contributed by atoms with Crippen molar-refractivity contribution in [2.75, 3.05) is 13.2 Å². The van der Waals surface area contributed by atoms with Crippen molar-refractivity contribution < 1.29 is 23.7 Å². The maximum atomic E-state index is 6.52. The molecular weight excluding hydrogens is 368 g/mol. The van der Waals surface area contributed by atoms with Crippen molar-refractivity contribution in [2.24, 2.45) is 5.92 Å². The first-order chi connectivity index (χ1) is 13.9. The van der Waals surface area contributed by atoms with Crippen LogP contribution in [0.25, 0.3) is 0 Å². The first kappa shape index (κ1) is 22.4. The predicted molar refractivity (Wildman–Crippen MR) is 113 cm³/mol. The van der Waals surface area contributed by atoms with Gasteiger partial charge in [0.15, 0.2) is 5.79 Å². The van der Waals surface area contributed by atoms with E-state index >= 15 is 0 Å². The Morgan fingerprint density at radius 2 is 1.97 bits per heavy atom. The van der Waals surface area contributed by atoms with Gasteiger partial charge in [-0.3, -0.25) is 0 Å². The molecule has 3 rings (SSSR count). The lowest BCUT2D eigenvalue weighted by atomic mass is 9.86. The van der Waals surface area contributed by atoms with Gasteiger partial charge in [0.1, 0.15) is 12.2 Å². The highest BCUT2D eigenvalue weighted by Gasteiger charge is 2.48. The Morgan fingerprint density at radius 3 is 2.66 bits per heavy atom. The lowest BCUT2D eigenvalue weighted by molar-refractivity contribution is -0.202. The number of hydrogen-bond donors (Lipinski definition) is 0. The fourth-order valence-corrected chi connectivity index (χ4v) is 4.31. The molecule has 2 aliphatic heterocycles. The van der Waals surface area contributed by atoms with Gasteiger partial charge < -0.3 is 23.7 Å². The smallest absolute Gasteiger partial charge is 0.164 e. The van der Waals surface area contributed by atoms with Crippen molar-refractivity contribution >= 4 is 0 Å². The summed E-state index contributed by atoms with van der Waals surface area (Å²) in [4.78, 5) is 0. The van der Waals surface area contributed by atoms with Crippen LogP contribution in [-0.2, 0) is 30.3 Å². The van der Waals surface area contributed by atoms with Crippen molar-refractivity contribution in [1.82, 2.24) is 0 Å². The van der Waals surface area contributed by atoms with Crippen LogP contribution >= 0.6 is 0 Å². The monoisotopic (exact) mass is 404 g/mol. The van der Waals surface area contributed by atoms with E-state index in [1.165, 1.54) is 5.56 Å². The van der Waals surface area contributed by atoms with Gasteiger partial charge in [0.25, 0.3) is 0 Å². The molecule has 2 saturated heterocycles. The topological polar surface area (TPSA) is 46.2 Å². The maximum Gasteiger partial charge on any atom is 0.164 e. The Bertz CT molecular complexity index is 631.